The van der Waals surface area contributed by atoms with Gasteiger partial charge in [-0.2, -0.15) is 0 Å². The summed E-state index contributed by atoms with van der Waals surface area (Å²) in [5.74, 6) is -2.01. The first-order chi connectivity index (χ1) is 9.15. The Morgan fingerprint density at radius 2 is 2.00 bits per heavy atom. The quantitative estimate of drug-likeness (QED) is 0.701. The van der Waals surface area contributed by atoms with Crippen molar-refractivity contribution < 1.29 is 23.8 Å². The molecule has 0 unspecified atom stereocenters. The number of ether oxygens (including phenoxy) is 2. The van der Waals surface area contributed by atoms with Crippen molar-refractivity contribution in [1.82, 2.24) is 0 Å². The normalized spacial score (nSPS) is 10.6. The molecule has 4 nitrogen and oxygen atoms in total. The molecule has 1 aromatic carbocycles. The van der Waals surface area contributed by atoms with E-state index in [9.17, 15) is 9.18 Å². The van der Waals surface area contributed by atoms with Crippen LogP contribution in [0.3, 0.4) is 0 Å². The summed E-state index contributed by atoms with van der Waals surface area (Å²) < 4.78 is 24.0. The fraction of sp³-hybridized carbons (Fsp3) is 0.500. The molecule has 0 aliphatic heterocycles. The number of benzene rings is 1. The maximum atomic E-state index is 13.4. The molecule has 0 saturated heterocycles. The lowest BCUT2D eigenvalue weighted by Crippen LogP contribution is -2.06. The smallest absolute Gasteiger partial charge is 0.338 e. The zero-order valence-electron chi connectivity index (χ0n) is 11.0. The van der Waals surface area contributed by atoms with Crippen LogP contribution in [0.1, 0.15) is 35.7 Å². The molecule has 0 aliphatic carbocycles. The highest BCUT2D eigenvalue weighted by Gasteiger charge is 2.10. The van der Waals surface area contributed by atoms with Gasteiger partial charge in [-0.1, -0.05) is 19.4 Å². The molecule has 0 aromatic heterocycles. The van der Waals surface area contributed by atoms with Gasteiger partial charge in [-0.15, -0.1) is 0 Å². The van der Waals surface area contributed by atoms with E-state index in [1.807, 2.05) is 0 Å². The van der Waals surface area contributed by atoms with E-state index in [-0.39, 0.29) is 12.2 Å². The first-order valence-corrected chi connectivity index (χ1v) is 6.32. The summed E-state index contributed by atoms with van der Waals surface area (Å²) in [6.45, 7) is 4.01. The van der Waals surface area contributed by atoms with Crippen LogP contribution in [0.15, 0.2) is 18.2 Å². The van der Waals surface area contributed by atoms with Crippen molar-refractivity contribution in [3.05, 3.63) is 35.1 Å². The zero-order valence-corrected chi connectivity index (χ0v) is 11.0. The van der Waals surface area contributed by atoms with Gasteiger partial charge in [-0.25, -0.2) is 9.18 Å². The van der Waals surface area contributed by atoms with Gasteiger partial charge in [0.15, 0.2) is 0 Å². The third kappa shape index (κ3) is 5.81. The highest BCUT2D eigenvalue weighted by Crippen LogP contribution is 2.11. The molecule has 0 saturated carbocycles. The van der Waals surface area contributed by atoms with Gasteiger partial charge >= 0.3 is 5.97 Å². The molecule has 0 radical (unpaired) electrons. The number of unbranched alkanes of at least 4 members (excludes halogenated alkanes) is 1. The van der Waals surface area contributed by atoms with Crippen LogP contribution >= 0.6 is 0 Å². The van der Waals surface area contributed by atoms with Crippen LogP contribution in [0.5, 0.6) is 0 Å². The Bertz CT molecular complexity index is 406. The first-order valence-electron chi connectivity index (χ1n) is 6.32. The van der Waals surface area contributed by atoms with E-state index in [2.05, 4.69) is 6.92 Å². The second-order valence-corrected chi connectivity index (χ2v) is 4.14. The lowest BCUT2D eigenvalue weighted by Gasteiger charge is -2.06. The summed E-state index contributed by atoms with van der Waals surface area (Å²) in [6, 6.07) is 3.97. The molecular formula is C14H19FO4. The maximum absolute atomic E-state index is 13.4. The Kier molecular flexibility index (Phi) is 7.07. The van der Waals surface area contributed by atoms with Gasteiger partial charge in [0.2, 0.25) is 0 Å². The molecule has 0 spiro atoms. The van der Waals surface area contributed by atoms with Crippen molar-refractivity contribution in [2.45, 2.75) is 26.4 Å². The van der Waals surface area contributed by atoms with Crippen LogP contribution in [0.4, 0.5) is 4.39 Å². The van der Waals surface area contributed by atoms with E-state index in [0.29, 0.717) is 18.8 Å². The average molecular weight is 270 g/mol. The minimum atomic E-state index is -1.27. The molecule has 0 bridgehead atoms. The minimum absolute atomic E-state index is 0.244. The predicted octanol–water partition coefficient (Wildman–Crippen LogP) is 2.86. The molecule has 1 aromatic rings. The van der Waals surface area contributed by atoms with Crippen molar-refractivity contribution in [2.24, 2.45) is 0 Å². The Morgan fingerprint density at radius 1 is 1.26 bits per heavy atom. The first kappa shape index (κ1) is 15.6. The Balaban J connectivity index is 2.26. The molecule has 1 rings (SSSR count). The second kappa shape index (κ2) is 8.61. The van der Waals surface area contributed by atoms with Crippen molar-refractivity contribution in [2.75, 3.05) is 19.8 Å². The third-order valence-corrected chi connectivity index (χ3v) is 2.55. The Hall–Kier alpha value is -1.46. The van der Waals surface area contributed by atoms with Gasteiger partial charge in [-0.3, -0.25) is 0 Å². The van der Waals surface area contributed by atoms with Crippen molar-refractivity contribution in [3.63, 3.8) is 0 Å². The summed E-state index contributed by atoms with van der Waals surface area (Å²) >= 11 is 0. The molecule has 106 valence electrons. The van der Waals surface area contributed by atoms with Crippen LogP contribution in [-0.4, -0.2) is 30.9 Å². The second-order valence-electron chi connectivity index (χ2n) is 4.14. The highest BCUT2D eigenvalue weighted by molar-refractivity contribution is 5.87. The SMILES string of the molecule is CCCCOCCOCc1ccc(C(=O)O)c(F)c1. The molecule has 0 amide bonds. The summed E-state index contributed by atoms with van der Waals surface area (Å²) in [5, 5.41) is 8.69. The fourth-order valence-corrected chi connectivity index (χ4v) is 1.48. The predicted molar refractivity (Wildman–Crippen MR) is 68.7 cm³/mol. The summed E-state index contributed by atoms with van der Waals surface area (Å²) in [5.41, 5.74) is 0.280. The third-order valence-electron chi connectivity index (χ3n) is 2.55. The number of carboxylic acids is 1. The summed E-state index contributed by atoms with van der Waals surface area (Å²) in [7, 11) is 0. The number of carbonyl (C=O) groups is 1. The number of hydrogen-bond acceptors (Lipinski definition) is 3. The van der Waals surface area contributed by atoms with Gasteiger partial charge in [0.1, 0.15) is 5.82 Å². The highest BCUT2D eigenvalue weighted by atomic mass is 19.1. The topological polar surface area (TPSA) is 55.8 Å². The summed E-state index contributed by atoms with van der Waals surface area (Å²) in [4.78, 5) is 10.6. The van der Waals surface area contributed by atoms with Crippen LogP contribution in [0, 0.1) is 5.82 Å². The van der Waals surface area contributed by atoms with E-state index in [4.69, 9.17) is 14.6 Å². The molecule has 0 atom stereocenters. The van der Waals surface area contributed by atoms with E-state index < -0.39 is 11.8 Å². The summed E-state index contributed by atoms with van der Waals surface area (Å²) in [6.07, 6.45) is 2.12. The van der Waals surface area contributed by atoms with Crippen molar-refractivity contribution in [1.29, 1.82) is 0 Å². The van der Waals surface area contributed by atoms with Gasteiger partial charge in [0.05, 0.1) is 25.4 Å². The van der Waals surface area contributed by atoms with Crippen LogP contribution in [-0.2, 0) is 16.1 Å². The van der Waals surface area contributed by atoms with E-state index in [1.54, 1.807) is 6.07 Å². The van der Waals surface area contributed by atoms with Gasteiger partial charge in [0.25, 0.3) is 0 Å². The number of rotatable bonds is 9. The number of hydrogen-bond donors (Lipinski definition) is 1. The molecule has 19 heavy (non-hydrogen) atoms. The number of carboxylic acid groups (broad SMARTS) is 1. The van der Waals surface area contributed by atoms with Crippen LogP contribution in [0.2, 0.25) is 0 Å². The monoisotopic (exact) mass is 270 g/mol. The van der Waals surface area contributed by atoms with Gasteiger partial charge in [-0.05, 0) is 24.1 Å². The van der Waals surface area contributed by atoms with E-state index in [1.165, 1.54) is 12.1 Å². The minimum Gasteiger partial charge on any atom is -0.478 e. The Labute approximate surface area is 112 Å². The molecule has 0 heterocycles. The maximum Gasteiger partial charge on any atom is 0.338 e. The number of halogens is 1. The lowest BCUT2D eigenvalue weighted by molar-refractivity contribution is 0.0396. The number of aromatic carboxylic acids is 1. The molecule has 0 fully saturated rings. The van der Waals surface area contributed by atoms with Crippen molar-refractivity contribution in [3.8, 4) is 0 Å². The molecule has 0 aliphatic rings. The van der Waals surface area contributed by atoms with Gasteiger partial charge in [0, 0.05) is 6.61 Å². The molecule has 1 N–H and O–H groups in total. The van der Waals surface area contributed by atoms with Crippen LogP contribution < -0.4 is 0 Å². The fourth-order valence-electron chi connectivity index (χ4n) is 1.48. The average Bonchev–Trinajstić information content (AvgIpc) is 2.37. The largest absolute Gasteiger partial charge is 0.478 e. The van der Waals surface area contributed by atoms with Crippen molar-refractivity contribution >= 4 is 5.97 Å². The molecule has 5 heteroatoms. The zero-order chi connectivity index (χ0) is 14.1. The van der Waals surface area contributed by atoms with E-state index >= 15 is 0 Å². The lowest BCUT2D eigenvalue weighted by atomic mass is 10.1. The molecular weight excluding hydrogens is 251 g/mol. The standard InChI is InChI=1S/C14H19FO4/c1-2-3-6-18-7-8-19-10-11-4-5-12(14(16)17)13(15)9-11/h4-5,9H,2-3,6-8,10H2,1H3,(H,16,17). The van der Waals surface area contributed by atoms with Crippen LogP contribution in [0.25, 0.3) is 0 Å². The van der Waals surface area contributed by atoms with Gasteiger partial charge < -0.3 is 14.6 Å². The Morgan fingerprint density at radius 3 is 2.63 bits per heavy atom. The van der Waals surface area contributed by atoms with E-state index in [0.717, 1.165) is 19.4 Å².